The molecule has 0 spiro atoms. The lowest BCUT2D eigenvalue weighted by Gasteiger charge is -2.26. The fourth-order valence-corrected chi connectivity index (χ4v) is 2.25. The van der Waals surface area contributed by atoms with Crippen LogP contribution < -0.4 is 5.32 Å². The first kappa shape index (κ1) is 15.8. The minimum absolute atomic E-state index is 0.0400. The molecule has 0 bridgehead atoms. The van der Waals surface area contributed by atoms with Crippen LogP contribution >= 0.6 is 0 Å². The normalized spacial score (nSPS) is 19.6. The van der Waals surface area contributed by atoms with Crippen molar-refractivity contribution >= 4 is 5.91 Å². The van der Waals surface area contributed by atoms with Gasteiger partial charge in [0, 0.05) is 13.1 Å². The second-order valence-electron chi connectivity index (χ2n) is 5.29. The van der Waals surface area contributed by atoms with E-state index in [4.69, 9.17) is 0 Å². The van der Waals surface area contributed by atoms with Crippen LogP contribution in [-0.2, 0) is 11.0 Å². The van der Waals surface area contributed by atoms with Crippen molar-refractivity contribution in [2.75, 3.05) is 33.7 Å². The van der Waals surface area contributed by atoms with Crippen molar-refractivity contribution in [3.8, 4) is 0 Å². The average molecular weight is 301 g/mol. The molecule has 1 aliphatic rings. The van der Waals surface area contributed by atoms with E-state index in [-0.39, 0.29) is 18.6 Å². The van der Waals surface area contributed by atoms with Gasteiger partial charge in [0.05, 0.1) is 12.1 Å². The van der Waals surface area contributed by atoms with Crippen LogP contribution in [0.25, 0.3) is 0 Å². The van der Waals surface area contributed by atoms with E-state index < -0.39 is 11.7 Å². The largest absolute Gasteiger partial charge is 0.416 e. The summed E-state index contributed by atoms with van der Waals surface area (Å²) in [6.45, 7) is 1.44. The monoisotopic (exact) mass is 301 g/mol. The van der Waals surface area contributed by atoms with Crippen molar-refractivity contribution in [3.63, 3.8) is 0 Å². The number of alkyl halides is 3. The highest BCUT2D eigenvalue weighted by Crippen LogP contribution is 2.31. The SMILES string of the molecule is CN(C)CCN1C(=O)CNC1c1ccc(C(F)(F)F)cc1. The van der Waals surface area contributed by atoms with E-state index in [1.165, 1.54) is 12.1 Å². The second kappa shape index (κ2) is 6.03. The quantitative estimate of drug-likeness (QED) is 0.919. The highest BCUT2D eigenvalue weighted by Gasteiger charge is 2.33. The first-order chi connectivity index (χ1) is 9.79. The fraction of sp³-hybridized carbons (Fsp3) is 0.500. The Kier molecular flexibility index (Phi) is 4.53. The average Bonchev–Trinajstić information content (AvgIpc) is 2.77. The van der Waals surface area contributed by atoms with Crippen LogP contribution in [0.2, 0.25) is 0 Å². The number of benzene rings is 1. The third-order valence-corrected chi connectivity index (χ3v) is 3.42. The van der Waals surface area contributed by atoms with Gasteiger partial charge >= 0.3 is 6.18 Å². The minimum Gasteiger partial charge on any atom is -0.321 e. The van der Waals surface area contributed by atoms with Crippen molar-refractivity contribution in [1.82, 2.24) is 15.1 Å². The lowest BCUT2D eigenvalue weighted by molar-refractivity contribution is -0.137. The van der Waals surface area contributed by atoms with Gasteiger partial charge in [-0.15, -0.1) is 0 Å². The molecule has 2 rings (SSSR count). The molecule has 1 fully saturated rings. The summed E-state index contributed by atoms with van der Waals surface area (Å²) in [5, 5.41) is 3.03. The molecule has 1 unspecified atom stereocenters. The maximum atomic E-state index is 12.6. The Morgan fingerprint density at radius 2 is 1.90 bits per heavy atom. The number of nitrogens with zero attached hydrogens (tertiary/aromatic N) is 2. The minimum atomic E-state index is -4.35. The molecule has 0 radical (unpaired) electrons. The van der Waals surface area contributed by atoms with E-state index in [0.717, 1.165) is 12.1 Å². The van der Waals surface area contributed by atoms with Crippen molar-refractivity contribution in [2.45, 2.75) is 12.3 Å². The number of rotatable bonds is 4. The molecule has 1 aromatic carbocycles. The molecule has 1 heterocycles. The number of carbonyl (C=O) groups is 1. The van der Waals surface area contributed by atoms with Gasteiger partial charge < -0.3 is 9.80 Å². The van der Waals surface area contributed by atoms with Gasteiger partial charge in [-0.3, -0.25) is 10.1 Å². The van der Waals surface area contributed by atoms with E-state index in [0.29, 0.717) is 18.7 Å². The third-order valence-electron chi connectivity index (χ3n) is 3.42. The Morgan fingerprint density at radius 3 is 2.43 bits per heavy atom. The first-order valence-electron chi connectivity index (χ1n) is 6.64. The number of amides is 1. The van der Waals surface area contributed by atoms with Gasteiger partial charge in [-0.1, -0.05) is 12.1 Å². The maximum Gasteiger partial charge on any atom is 0.416 e. The Morgan fingerprint density at radius 1 is 1.29 bits per heavy atom. The van der Waals surface area contributed by atoms with Crippen molar-refractivity contribution in [3.05, 3.63) is 35.4 Å². The molecule has 0 aromatic heterocycles. The lowest BCUT2D eigenvalue weighted by Crippen LogP contribution is -2.36. The van der Waals surface area contributed by atoms with Crippen molar-refractivity contribution in [2.24, 2.45) is 0 Å². The van der Waals surface area contributed by atoms with Gasteiger partial charge in [0.1, 0.15) is 6.17 Å². The zero-order valence-electron chi connectivity index (χ0n) is 11.9. The predicted octanol–water partition coefficient (Wildman–Crippen LogP) is 1.70. The number of nitrogens with one attached hydrogen (secondary N) is 1. The van der Waals surface area contributed by atoms with Crippen LogP contribution in [0.3, 0.4) is 0 Å². The lowest BCUT2D eigenvalue weighted by atomic mass is 10.1. The Balaban J connectivity index is 2.14. The molecule has 1 aliphatic heterocycles. The zero-order valence-corrected chi connectivity index (χ0v) is 11.9. The van der Waals surface area contributed by atoms with E-state index in [2.05, 4.69) is 5.32 Å². The highest BCUT2D eigenvalue weighted by atomic mass is 19.4. The molecule has 4 nitrogen and oxygen atoms in total. The van der Waals surface area contributed by atoms with Gasteiger partial charge in [-0.25, -0.2) is 0 Å². The summed E-state index contributed by atoms with van der Waals surface area (Å²) in [6.07, 6.45) is -4.71. The highest BCUT2D eigenvalue weighted by molar-refractivity contribution is 5.80. The van der Waals surface area contributed by atoms with Crippen LogP contribution in [-0.4, -0.2) is 49.4 Å². The maximum absolute atomic E-state index is 12.6. The summed E-state index contributed by atoms with van der Waals surface area (Å²) in [5.41, 5.74) is -0.0250. The van der Waals surface area contributed by atoms with Crippen molar-refractivity contribution < 1.29 is 18.0 Å². The molecule has 1 aromatic rings. The molecule has 1 amide bonds. The molecule has 1 saturated heterocycles. The Bertz CT molecular complexity index is 499. The van der Waals surface area contributed by atoms with Gasteiger partial charge in [0.2, 0.25) is 5.91 Å². The standard InChI is InChI=1S/C14H18F3N3O/c1-19(2)7-8-20-12(21)9-18-13(20)10-3-5-11(6-4-10)14(15,16)17/h3-6,13,18H,7-9H2,1-2H3. The topological polar surface area (TPSA) is 35.6 Å². The number of likely N-dealkylation sites (N-methyl/N-ethyl adjacent to an activating group) is 1. The van der Waals surface area contributed by atoms with Gasteiger partial charge in [0.25, 0.3) is 0 Å². The number of hydrogen-bond acceptors (Lipinski definition) is 3. The smallest absolute Gasteiger partial charge is 0.321 e. The summed E-state index contributed by atoms with van der Waals surface area (Å²) >= 11 is 0. The molecule has 1 N–H and O–H groups in total. The van der Waals surface area contributed by atoms with E-state index in [1.807, 2.05) is 19.0 Å². The van der Waals surface area contributed by atoms with Crippen LogP contribution in [0.5, 0.6) is 0 Å². The molecule has 0 aliphatic carbocycles. The van der Waals surface area contributed by atoms with Crippen LogP contribution in [0.4, 0.5) is 13.2 Å². The second-order valence-corrected chi connectivity index (χ2v) is 5.29. The summed E-state index contributed by atoms with van der Waals surface area (Å²) < 4.78 is 37.7. The van der Waals surface area contributed by atoms with Gasteiger partial charge in [0.15, 0.2) is 0 Å². The van der Waals surface area contributed by atoms with E-state index >= 15 is 0 Å². The fourth-order valence-electron chi connectivity index (χ4n) is 2.25. The number of halogens is 3. The molecule has 21 heavy (non-hydrogen) atoms. The third kappa shape index (κ3) is 3.74. The predicted molar refractivity (Wildman–Crippen MR) is 72.5 cm³/mol. The summed E-state index contributed by atoms with van der Waals surface area (Å²) in [7, 11) is 3.81. The van der Waals surface area contributed by atoms with Crippen LogP contribution in [0.1, 0.15) is 17.3 Å². The first-order valence-corrected chi connectivity index (χ1v) is 6.64. The van der Waals surface area contributed by atoms with Crippen LogP contribution in [0, 0.1) is 0 Å². The van der Waals surface area contributed by atoms with E-state index in [9.17, 15) is 18.0 Å². The molecule has 1 atom stereocenters. The Labute approximate surface area is 121 Å². The molecule has 7 heteroatoms. The van der Waals surface area contributed by atoms with Crippen molar-refractivity contribution in [1.29, 1.82) is 0 Å². The van der Waals surface area contributed by atoms with Crippen LogP contribution in [0.15, 0.2) is 24.3 Å². The van der Waals surface area contributed by atoms with Gasteiger partial charge in [-0.2, -0.15) is 13.2 Å². The van der Waals surface area contributed by atoms with E-state index in [1.54, 1.807) is 4.90 Å². The summed E-state index contributed by atoms with van der Waals surface area (Å²) in [6, 6.07) is 4.93. The Hall–Kier alpha value is -1.60. The van der Waals surface area contributed by atoms with Gasteiger partial charge in [-0.05, 0) is 31.8 Å². The zero-order chi connectivity index (χ0) is 15.6. The number of hydrogen-bond donors (Lipinski definition) is 1. The molecule has 116 valence electrons. The summed E-state index contributed by atoms with van der Waals surface area (Å²) in [5.74, 6) is -0.0400. The molecule has 0 saturated carbocycles. The molecular weight excluding hydrogens is 283 g/mol. The summed E-state index contributed by atoms with van der Waals surface area (Å²) in [4.78, 5) is 15.5. The number of carbonyl (C=O) groups excluding carboxylic acids is 1. The molecular formula is C14H18F3N3O.